The van der Waals surface area contributed by atoms with Crippen LogP contribution in [0, 0.1) is 19.8 Å². The lowest BCUT2D eigenvalue weighted by Gasteiger charge is -2.21. The Labute approximate surface area is 159 Å². The van der Waals surface area contributed by atoms with Crippen molar-refractivity contribution in [2.45, 2.75) is 46.8 Å². The number of carbonyl (C=O) groups is 2. The highest BCUT2D eigenvalue weighted by molar-refractivity contribution is 5.97. The minimum Gasteiger partial charge on any atom is -0.488 e. The molecule has 27 heavy (non-hydrogen) atoms. The van der Waals surface area contributed by atoms with Gasteiger partial charge in [0.25, 0.3) is 5.91 Å². The molecule has 1 aromatic heterocycles. The van der Waals surface area contributed by atoms with Gasteiger partial charge in [-0.15, -0.1) is 0 Å². The van der Waals surface area contributed by atoms with Crippen molar-refractivity contribution < 1.29 is 19.4 Å². The molecule has 0 spiro atoms. The van der Waals surface area contributed by atoms with E-state index in [1.165, 1.54) is 0 Å². The van der Waals surface area contributed by atoms with Gasteiger partial charge in [0.2, 0.25) is 0 Å². The summed E-state index contributed by atoms with van der Waals surface area (Å²) in [6, 6.07) is 6.31. The first kappa shape index (κ1) is 20.4. The largest absolute Gasteiger partial charge is 0.488 e. The van der Waals surface area contributed by atoms with Crippen LogP contribution < -0.4 is 10.1 Å². The predicted octanol–water partition coefficient (Wildman–Crippen LogP) is 3.51. The number of hydrogen-bond acceptors (Lipinski definition) is 4. The maximum atomic E-state index is 12.6. The quantitative estimate of drug-likeness (QED) is 0.742. The zero-order chi connectivity index (χ0) is 20.0. The highest BCUT2D eigenvalue weighted by Gasteiger charge is 2.26. The molecule has 0 radical (unpaired) electrons. The van der Waals surface area contributed by atoms with Crippen LogP contribution in [0.3, 0.4) is 0 Å². The molecular formula is C21H26N2O4. The van der Waals surface area contributed by atoms with E-state index in [1.807, 2.05) is 39.8 Å². The summed E-state index contributed by atoms with van der Waals surface area (Å²) in [5, 5.41) is 12.0. The SMILES string of the molecule is CCC(C)C(NC(=O)c1cc(C)c(OCc2cccnc2)c(C)c1)C(=O)O. The maximum absolute atomic E-state index is 12.6. The minimum absolute atomic E-state index is 0.157. The van der Waals surface area contributed by atoms with Gasteiger partial charge in [-0.2, -0.15) is 0 Å². The number of rotatable bonds is 8. The first-order valence-corrected chi connectivity index (χ1v) is 9.00. The number of nitrogens with zero attached hydrogens (tertiary/aromatic N) is 1. The Morgan fingerprint density at radius 1 is 1.26 bits per heavy atom. The van der Waals surface area contributed by atoms with Crippen LogP contribution in [0.2, 0.25) is 0 Å². The Morgan fingerprint density at radius 3 is 2.44 bits per heavy atom. The summed E-state index contributed by atoms with van der Waals surface area (Å²) >= 11 is 0. The molecule has 0 saturated carbocycles. The fourth-order valence-corrected chi connectivity index (χ4v) is 2.86. The second-order valence-corrected chi connectivity index (χ2v) is 6.76. The van der Waals surface area contributed by atoms with Crippen molar-refractivity contribution in [2.24, 2.45) is 5.92 Å². The maximum Gasteiger partial charge on any atom is 0.326 e. The molecule has 0 aliphatic rings. The molecule has 2 atom stereocenters. The van der Waals surface area contributed by atoms with Gasteiger partial charge in [0.1, 0.15) is 18.4 Å². The van der Waals surface area contributed by atoms with E-state index < -0.39 is 17.9 Å². The molecule has 0 saturated heterocycles. The average Bonchev–Trinajstić information content (AvgIpc) is 2.65. The van der Waals surface area contributed by atoms with E-state index in [4.69, 9.17) is 4.74 Å². The van der Waals surface area contributed by atoms with Crippen LogP contribution in [0.15, 0.2) is 36.7 Å². The van der Waals surface area contributed by atoms with Crippen molar-refractivity contribution >= 4 is 11.9 Å². The van der Waals surface area contributed by atoms with Crippen molar-refractivity contribution in [1.82, 2.24) is 10.3 Å². The van der Waals surface area contributed by atoms with E-state index in [0.29, 0.717) is 24.3 Å². The molecule has 1 amide bonds. The number of hydrogen-bond donors (Lipinski definition) is 2. The number of ether oxygens (including phenoxy) is 1. The second kappa shape index (κ2) is 9.16. The molecule has 6 nitrogen and oxygen atoms in total. The fourth-order valence-electron chi connectivity index (χ4n) is 2.86. The zero-order valence-electron chi connectivity index (χ0n) is 16.2. The summed E-state index contributed by atoms with van der Waals surface area (Å²) < 4.78 is 5.90. The summed E-state index contributed by atoms with van der Waals surface area (Å²) in [5.41, 5.74) is 3.02. The van der Waals surface area contributed by atoms with Crippen LogP contribution in [0.4, 0.5) is 0 Å². The van der Waals surface area contributed by atoms with Crippen molar-refractivity contribution in [3.63, 3.8) is 0 Å². The number of nitrogens with one attached hydrogen (secondary N) is 1. The monoisotopic (exact) mass is 370 g/mol. The molecule has 2 aromatic rings. The van der Waals surface area contributed by atoms with Gasteiger partial charge < -0.3 is 15.2 Å². The number of pyridine rings is 1. The van der Waals surface area contributed by atoms with E-state index >= 15 is 0 Å². The zero-order valence-corrected chi connectivity index (χ0v) is 16.2. The first-order valence-electron chi connectivity index (χ1n) is 9.00. The van der Waals surface area contributed by atoms with E-state index in [9.17, 15) is 14.7 Å². The summed E-state index contributed by atoms with van der Waals surface area (Å²) in [4.78, 5) is 28.0. The topological polar surface area (TPSA) is 88.5 Å². The van der Waals surface area contributed by atoms with Gasteiger partial charge in [-0.1, -0.05) is 26.3 Å². The molecule has 2 N–H and O–H groups in total. The lowest BCUT2D eigenvalue weighted by Crippen LogP contribution is -2.45. The standard InChI is InChI=1S/C21H26N2O4/c1-5-13(2)18(21(25)26)23-20(24)17-9-14(3)19(15(4)10-17)27-12-16-7-6-8-22-11-16/h6-11,13,18H,5,12H2,1-4H3,(H,23,24)(H,25,26). The van der Waals surface area contributed by atoms with Crippen LogP contribution in [0.25, 0.3) is 0 Å². The number of aromatic nitrogens is 1. The molecule has 0 fully saturated rings. The average molecular weight is 370 g/mol. The number of benzene rings is 1. The number of aliphatic carboxylic acids is 1. The molecule has 1 aromatic carbocycles. The Hall–Kier alpha value is -2.89. The van der Waals surface area contributed by atoms with Crippen molar-refractivity contribution in [3.8, 4) is 5.75 Å². The van der Waals surface area contributed by atoms with E-state index in [2.05, 4.69) is 10.3 Å². The smallest absolute Gasteiger partial charge is 0.326 e. The Bertz CT molecular complexity index is 782. The lowest BCUT2D eigenvalue weighted by molar-refractivity contribution is -0.140. The Balaban J connectivity index is 2.15. The van der Waals surface area contributed by atoms with Gasteiger partial charge in [0, 0.05) is 23.5 Å². The number of aryl methyl sites for hydroxylation is 2. The fraction of sp³-hybridized carbons (Fsp3) is 0.381. The van der Waals surface area contributed by atoms with Crippen molar-refractivity contribution in [3.05, 3.63) is 58.9 Å². The highest BCUT2D eigenvalue weighted by atomic mass is 16.5. The number of carbonyl (C=O) groups excluding carboxylic acids is 1. The van der Waals surface area contributed by atoms with Gasteiger partial charge in [0.05, 0.1) is 0 Å². The molecule has 0 aliphatic carbocycles. The molecule has 6 heteroatoms. The normalized spacial score (nSPS) is 12.9. The molecule has 144 valence electrons. The summed E-state index contributed by atoms with van der Waals surface area (Å²) in [6.07, 6.45) is 4.11. The third-order valence-electron chi connectivity index (χ3n) is 4.59. The summed E-state index contributed by atoms with van der Waals surface area (Å²) in [5.74, 6) is -0.863. The molecule has 2 rings (SSSR count). The third kappa shape index (κ3) is 5.29. The summed E-state index contributed by atoms with van der Waals surface area (Å²) in [6.45, 7) is 7.83. The molecule has 1 heterocycles. The number of carboxylic acids is 1. The van der Waals surface area contributed by atoms with Gasteiger partial charge >= 0.3 is 5.97 Å². The number of amides is 1. The van der Waals surface area contributed by atoms with Gasteiger partial charge in [-0.05, 0) is 49.1 Å². The molecule has 0 aliphatic heterocycles. The summed E-state index contributed by atoms with van der Waals surface area (Å²) in [7, 11) is 0. The van der Waals surface area contributed by atoms with E-state index in [0.717, 1.165) is 16.7 Å². The van der Waals surface area contributed by atoms with Gasteiger partial charge in [-0.25, -0.2) is 4.79 Å². The van der Waals surface area contributed by atoms with Crippen molar-refractivity contribution in [1.29, 1.82) is 0 Å². The minimum atomic E-state index is -1.03. The molecule has 2 unspecified atom stereocenters. The second-order valence-electron chi connectivity index (χ2n) is 6.76. The van der Waals surface area contributed by atoms with Gasteiger partial charge in [-0.3, -0.25) is 9.78 Å². The first-order chi connectivity index (χ1) is 12.8. The van der Waals surface area contributed by atoms with Crippen LogP contribution in [-0.2, 0) is 11.4 Å². The van der Waals surface area contributed by atoms with Gasteiger partial charge in [0.15, 0.2) is 0 Å². The predicted molar refractivity (Wildman–Crippen MR) is 103 cm³/mol. The lowest BCUT2D eigenvalue weighted by atomic mass is 9.98. The molecule has 0 bridgehead atoms. The van der Waals surface area contributed by atoms with E-state index in [1.54, 1.807) is 24.5 Å². The molecular weight excluding hydrogens is 344 g/mol. The van der Waals surface area contributed by atoms with Crippen LogP contribution >= 0.6 is 0 Å². The van der Waals surface area contributed by atoms with Crippen LogP contribution in [-0.4, -0.2) is 28.0 Å². The third-order valence-corrected chi connectivity index (χ3v) is 4.59. The van der Waals surface area contributed by atoms with Crippen molar-refractivity contribution in [2.75, 3.05) is 0 Å². The van der Waals surface area contributed by atoms with E-state index in [-0.39, 0.29) is 5.92 Å². The Kier molecular flexibility index (Phi) is 6.93. The van der Waals surface area contributed by atoms with Crippen LogP contribution in [0.1, 0.15) is 47.3 Å². The Morgan fingerprint density at radius 2 is 1.93 bits per heavy atom. The number of carboxylic acid groups (broad SMARTS) is 1. The van der Waals surface area contributed by atoms with Crippen LogP contribution in [0.5, 0.6) is 5.75 Å². The highest BCUT2D eigenvalue weighted by Crippen LogP contribution is 2.26.